The van der Waals surface area contributed by atoms with E-state index in [1.54, 1.807) is 0 Å². The van der Waals surface area contributed by atoms with Gasteiger partial charge >= 0.3 is 11.9 Å². The van der Waals surface area contributed by atoms with Gasteiger partial charge in [0.25, 0.3) is 0 Å². The Kier molecular flexibility index (Phi) is 44.8. The number of allylic oxidation sites excluding steroid dienone is 10. The summed E-state index contributed by atoms with van der Waals surface area (Å²) in [5.41, 5.74) is 5.50. The van der Waals surface area contributed by atoms with Crippen molar-refractivity contribution in [2.24, 2.45) is 5.73 Å². The van der Waals surface area contributed by atoms with Crippen molar-refractivity contribution in [1.82, 2.24) is 5.32 Å². The number of aliphatic carboxylic acids is 1. The van der Waals surface area contributed by atoms with Gasteiger partial charge in [-0.15, -0.1) is 0 Å². The predicted molar refractivity (Wildman–Crippen MR) is 257 cm³/mol. The summed E-state index contributed by atoms with van der Waals surface area (Å²) in [7, 11) is 0. The van der Waals surface area contributed by atoms with Crippen LogP contribution < -0.4 is 11.1 Å². The third kappa shape index (κ3) is 43.2. The van der Waals surface area contributed by atoms with Crippen LogP contribution in [0.1, 0.15) is 239 Å². The molecule has 0 radical (unpaired) electrons. The molecule has 0 heterocycles. The minimum Gasteiger partial charge on any atom is -0.480 e. The van der Waals surface area contributed by atoms with Crippen LogP contribution in [0.3, 0.4) is 0 Å². The van der Waals surface area contributed by atoms with Gasteiger partial charge in [0.05, 0.1) is 0 Å². The predicted octanol–water partition coefficient (Wildman–Crippen LogP) is 14.9. The Bertz CT molecular complexity index is 1130. The Morgan fingerprint density at radius 1 is 0.500 bits per heavy atom. The topological polar surface area (TPSA) is 119 Å². The van der Waals surface area contributed by atoms with Crippen molar-refractivity contribution in [3.8, 4) is 0 Å². The van der Waals surface area contributed by atoms with Crippen LogP contribution in [-0.4, -0.2) is 41.6 Å². The number of unbranched alkanes of at least 4 members (excludes halogenated alkanes) is 21. The number of carboxylic acid groups (broad SMARTS) is 1. The highest BCUT2D eigenvalue weighted by molar-refractivity contribution is 5.83. The maximum absolute atomic E-state index is 12.9. The zero-order chi connectivity index (χ0) is 43.8. The van der Waals surface area contributed by atoms with E-state index in [-0.39, 0.29) is 18.0 Å². The lowest BCUT2D eigenvalue weighted by atomic mass is 10.0. The summed E-state index contributed by atoms with van der Waals surface area (Å²) in [6, 6.07) is -0.860. The number of carboxylic acids is 1. The fourth-order valence-electron chi connectivity index (χ4n) is 7.36. The van der Waals surface area contributed by atoms with E-state index >= 15 is 0 Å². The summed E-state index contributed by atoms with van der Waals surface area (Å²) >= 11 is 0. The van der Waals surface area contributed by atoms with Crippen LogP contribution in [0.4, 0.5) is 0 Å². The number of nitrogens with one attached hydrogen (secondary N) is 1. The molecular weight excluding hydrogens is 745 g/mol. The van der Waals surface area contributed by atoms with E-state index < -0.39 is 12.0 Å². The zero-order valence-electron chi connectivity index (χ0n) is 39.0. The molecular formula is C53H94N2O5. The molecule has 60 heavy (non-hydrogen) atoms. The molecule has 7 heteroatoms. The second-order valence-corrected chi connectivity index (χ2v) is 16.9. The minimum absolute atomic E-state index is 0.000859. The van der Waals surface area contributed by atoms with E-state index in [4.69, 9.17) is 10.5 Å². The fraction of sp³-hybridized carbons (Fsp3) is 0.755. The quantitative estimate of drug-likeness (QED) is 0.0319. The number of ether oxygens (including phenoxy) is 1. The van der Waals surface area contributed by atoms with Crippen molar-refractivity contribution in [2.45, 2.75) is 251 Å². The maximum Gasteiger partial charge on any atom is 0.326 e. The lowest BCUT2D eigenvalue weighted by molar-refractivity contribution is -0.150. The molecule has 0 saturated heterocycles. The summed E-state index contributed by atoms with van der Waals surface area (Å²) in [4.78, 5) is 36.5. The lowest BCUT2D eigenvalue weighted by Gasteiger charge is -2.18. The van der Waals surface area contributed by atoms with Crippen LogP contribution in [0.2, 0.25) is 0 Å². The van der Waals surface area contributed by atoms with Gasteiger partial charge < -0.3 is 20.9 Å². The molecule has 346 valence electrons. The van der Waals surface area contributed by atoms with Gasteiger partial charge in [0.2, 0.25) is 5.91 Å². The van der Waals surface area contributed by atoms with Gasteiger partial charge in [0, 0.05) is 12.8 Å². The number of amides is 1. The molecule has 0 aliphatic rings. The second-order valence-electron chi connectivity index (χ2n) is 16.9. The zero-order valence-corrected chi connectivity index (χ0v) is 39.0. The van der Waals surface area contributed by atoms with E-state index in [1.165, 1.54) is 89.9 Å². The molecule has 0 aliphatic heterocycles. The van der Waals surface area contributed by atoms with Crippen molar-refractivity contribution in [3.05, 3.63) is 60.8 Å². The van der Waals surface area contributed by atoms with E-state index in [0.717, 1.165) is 109 Å². The molecule has 2 unspecified atom stereocenters. The van der Waals surface area contributed by atoms with Crippen molar-refractivity contribution in [3.63, 3.8) is 0 Å². The first-order chi connectivity index (χ1) is 29.4. The Labute approximate surface area is 370 Å². The molecule has 2 atom stereocenters. The molecule has 0 aromatic rings. The van der Waals surface area contributed by atoms with Crippen molar-refractivity contribution < 1.29 is 24.2 Å². The van der Waals surface area contributed by atoms with E-state index in [1.807, 2.05) is 0 Å². The molecule has 0 aromatic carbocycles. The number of carbonyl (C=O) groups is 3. The van der Waals surface area contributed by atoms with Gasteiger partial charge in [0.1, 0.15) is 12.1 Å². The maximum atomic E-state index is 12.9. The highest BCUT2D eigenvalue weighted by Gasteiger charge is 2.19. The van der Waals surface area contributed by atoms with Crippen LogP contribution in [0.5, 0.6) is 0 Å². The number of rotatable bonds is 45. The molecule has 0 saturated carbocycles. The monoisotopic (exact) mass is 839 g/mol. The smallest absolute Gasteiger partial charge is 0.326 e. The lowest BCUT2D eigenvalue weighted by Crippen LogP contribution is -2.40. The second kappa shape index (κ2) is 47.1. The SMILES string of the molecule is CC/C=C\C/C=C\C/C=C\C/C=C\C/C=C\CCCCCCCC(=O)OC(CCCCCCCCCCCCCCC)CCCCCCCC(=O)NC(CCCN)C(=O)O. The normalized spacial score (nSPS) is 13.1. The van der Waals surface area contributed by atoms with Gasteiger partial charge in [0.15, 0.2) is 0 Å². The van der Waals surface area contributed by atoms with Gasteiger partial charge in [-0.05, 0) is 103 Å². The molecule has 0 fully saturated rings. The van der Waals surface area contributed by atoms with Gasteiger partial charge in [-0.25, -0.2) is 4.79 Å². The average Bonchev–Trinajstić information content (AvgIpc) is 3.23. The highest BCUT2D eigenvalue weighted by Crippen LogP contribution is 2.19. The summed E-state index contributed by atoms with van der Waals surface area (Å²) in [5.74, 6) is -1.24. The summed E-state index contributed by atoms with van der Waals surface area (Å²) in [6.07, 6.45) is 59.8. The number of hydrogen-bond acceptors (Lipinski definition) is 5. The molecule has 0 aromatic heterocycles. The van der Waals surface area contributed by atoms with Crippen molar-refractivity contribution in [2.75, 3.05) is 6.54 Å². The summed E-state index contributed by atoms with van der Waals surface area (Å²) in [5, 5.41) is 12.0. The summed E-state index contributed by atoms with van der Waals surface area (Å²) < 4.78 is 6.07. The van der Waals surface area contributed by atoms with E-state index in [2.05, 4.69) is 79.9 Å². The molecule has 7 nitrogen and oxygen atoms in total. The highest BCUT2D eigenvalue weighted by atomic mass is 16.5. The van der Waals surface area contributed by atoms with Gasteiger partial charge in [-0.1, -0.05) is 190 Å². The van der Waals surface area contributed by atoms with Crippen LogP contribution in [0, 0.1) is 0 Å². The van der Waals surface area contributed by atoms with Gasteiger partial charge in [-0.2, -0.15) is 0 Å². The molecule has 0 bridgehead atoms. The number of carbonyl (C=O) groups excluding carboxylic acids is 2. The van der Waals surface area contributed by atoms with Gasteiger partial charge in [-0.3, -0.25) is 9.59 Å². The minimum atomic E-state index is -1.00. The van der Waals surface area contributed by atoms with E-state index in [0.29, 0.717) is 32.2 Å². The summed E-state index contributed by atoms with van der Waals surface area (Å²) in [6.45, 7) is 4.84. The Balaban J connectivity index is 4.32. The number of nitrogens with two attached hydrogens (primary N) is 1. The first-order valence-corrected chi connectivity index (χ1v) is 25.1. The van der Waals surface area contributed by atoms with Crippen LogP contribution >= 0.6 is 0 Å². The Morgan fingerprint density at radius 2 is 0.917 bits per heavy atom. The average molecular weight is 839 g/mol. The first-order valence-electron chi connectivity index (χ1n) is 25.1. The standard InChI is InChI=1S/C53H94N2O5/c1-3-5-7-9-11-13-15-17-18-19-20-21-22-23-24-26-28-30-32-37-41-47-52(57)60-49(43-38-34-31-29-27-25-16-14-12-10-8-6-4-2)44-39-35-33-36-40-46-51(56)55-50(53(58)59)45-42-48-54/h5,7,11,13,17-18,20-21,23-24,49-50H,3-4,6,8-10,12,14-16,19,22,25-48,54H2,1-2H3,(H,55,56)(H,58,59)/b7-5-,13-11-,18-17-,21-20-,24-23-. The molecule has 0 aliphatic carbocycles. The third-order valence-corrected chi connectivity index (χ3v) is 11.1. The largest absolute Gasteiger partial charge is 0.480 e. The molecule has 4 N–H and O–H groups in total. The molecule has 0 rings (SSSR count). The number of esters is 1. The Morgan fingerprint density at radius 3 is 1.38 bits per heavy atom. The number of hydrogen-bond donors (Lipinski definition) is 3. The Hall–Kier alpha value is -2.93. The van der Waals surface area contributed by atoms with Crippen molar-refractivity contribution in [1.29, 1.82) is 0 Å². The van der Waals surface area contributed by atoms with Crippen LogP contribution in [0.25, 0.3) is 0 Å². The van der Waals surface area contributed by atoms with Crippen LogP contribution in [-0.2, 0) is 19.1 Å². The third-order valence-electron chi connectivity index (χ3n) is 11.1. The van der Waals surface area contributed by atoms with Crippen molar-refractivity contribution >= 4 is 17.8 Å². The van der Waals surface area contributed by atoms with E-state index in [9.17, 15) is 19.5 Å². The molecule has 0 spiro atoms. The molecule has 1 amide bonds. The fourth-order valence-corrected chi connectivity index (χ4v) is 7.36. The van der Waals surface area contributed by atoms with Crippen LogP contribution in [0.15, 0.2) is 60.8 Å². The first kappa shape index (κ1) is 57.1.